The Morgan fingerprint density at radius 3 is 2.71 bits per heavy atom. The number of hydrazone groups is 1. The molecule has 0 fully saturated rings. The largest absolute Gasteiger partial charge is 0.497 e. The van der Waals surface area contributed by atoms with Crippen LogP contribution < -0.4 is 14.9 Å². The average molecular weight is 340 g/mol. The van der Waals surface area contributed by atoms with Crippen LogP contribution in [0.5, 0.6) is 11.5 Å². The van der Waals surface area contributed by atoms with Gasteiger partial charge in [0, 0.05) is 29.4 Å². The fraction of sp³-hybridized carbons (Fsp3) is 0.118. The molecule has 0 radical (unpaired) electrons. The van der Waals surface area contributed by atoms with Crippen molar-refractivity contribution in [3.8, 4) is 22.8 Å². The second-order valence-electron chi connectivity index (χ2n) is 4.75. The minimum absolute atomic E-state index is 0.702. The number of ether oxygens (including phenoxy) is 2. The summed E-state index contributed by atoms with van der Waals surface area (Å²) in [7, 11) is 3.25. The van der Waals surface area contributed by atoms with Crippen molar-refractivity contribution in [2.75, 3.05) is 19.6 Å². The van der Waals surface area contributed by atoms with E-state index in [0.29, 0.717) is 10.9 Å². The van der Waals surface area contributed by atoms with Gasteiger partial charge in [0.15, 0.2) is 0 Å². The number of thiazole rings is 1. The van der Waals surface area contributed by atoms with Crippen LogP contribution >= 0.6 is 11.3 Å². The van der Waals surface area contributed by atoms with Gasteiger partial charge in [-0.15, -0.1) is 11.3 Å². The first-order valence-corrected chi connectivity index (χ1v) is 8.05. The van der Waals surface area contributed by atoms with E-state index in [1.807, 2.05) is 35.7 Å². The van der Waals surface area contributed by atoms with E-state index in [0.717, 1.165) is 22.6 Å². The molecule has 0 unspecified atom stereocenters. The van der Waals surface area contributed by atoms with Gasteiger partial charge in [-0.25, -0.2) is 4.98 Å². The summed E-state index contributed by atoms with van der Waals surface area (Å²) in [6.07, 6.45) is 5.16. The van der Waals surface area contributed by atoms with Crippen LogP contribution in [0, 0.1) is 0 Å². The molecule has 0 aliphatic heterocycles. The molecule has 3 rings (SSSR count). The number of hydrogen-bond donors (Lipinski definition) is 1. The number of anilines is 1. The first-order chi connectivity index (χ1) is 11.8. The van der Waals surface area contributed by atoms with E-state index in [9.17, 15) is 0 Å². The zero-order valence-corrected chi connectivity index (χ0v) is 14.1. The van der Waals surface area contributed by atoms with Crippen molar-refractivity contribution in [2.24, 2.45) is 5.10 Å². The maximum Gasteiger partial charge on any atom is 0.203 e. The zero-order valence-electron chi connectivity index (χ0n) is 13.3. The van der Waals surface area contributed by atoms with Gasteiger partial charge in [0.05, 0.1) is 26.1 Å². The predicted octanol–water partition coefficient (Wildman–Crippen LogP) is 3.67. The quantitative estimate of drug-likeness (QED) is 0.548. The molecule has 24 heavy (non-hydrogen) atoms. The van der Waals surface area contributed by atoms with Gasteiger partial charge in [-0.3, -0.25) is 10.4 Å². The molecular formula is C17H16N4O2S. The summed E-state index contributed by atoms with van der Waals surface area (Å²) >= 11 is 1.47. The molecule has 3 aromatic rings. The molecule has 6 nitrogen and oxygen atoms in total. The lowest BCUT2D eigenvalue weighted by Crippen LogP contribution is -1.92. The molecule has 1 N–H and O–H groups in total. The number of rotatable bonds is 6. The molecular weight excluding hydrogens is 324 g/mol. The maximum atomic E-state index is 5.42. The van der Waals surface area contributed by atoms with Crippen LogP contribution in [0.25, 0.3) is 11.3 Å². The van der Waals surface area contributed by atoms with Crippen molar-refractivity contribution in [3.05, 3.63) is 53.7 Å². The first kappa shape index (κ1) is 15.9. The summed E-state index contributed by atoms with van der Waals surface area (Å²) in [5, 5.41) is 6.84. The van der Waals surface area contributed by atoms with Gasteiger partial charge < -0.3 is 9.47 Å². The van der Waals surface area contributed by atoms with Crippen molar-refractivity contribution in [3.63, 3.8) is 0 Å². The molecule has 0 bridgehead atoms. The summed E-state index contributed by atoms with van der Waals surface area (Å²) in [6, 6.07) is 9.40. The highest BCUT2D eigenvalue weighted by Gasteiger charge is 2.11. The van der Waals surface area contributed by atoms with Crippen molar-refractivity contribution < 1.29 is 9.47 Å². The Labute approximate surface area is 143 Å². The van der Waals surface area contributed by atoms with E-state index in [1.54, 1.807) is 32.8 Å². The van der Waals surface area contributed by atoms with Crippen LogP contribution in [0.4, 0.5) is 5.13 Å². The lowest BCUT2D eigenvalue weighted by molar-refractivity contribution is 0.395. The number of aromatic nitrogens is 2. The highest BCUT2D eigenvalue weighted by atomic mass is 32.1. The Morgan fingerprint density at radius 2 is 1.96 bits per heavy atom. The molecule has 0 atom stereocenters. The lowest BCUT2D eigenvalue weighted by Gasteiger charge is -2.08. The number of hydrogen-bond acceptors (Lipinski definition) is 7. The highest BCUT2D eigenvalue weighted by Crippen LogP contribution is 2.34. The van der Waals surface area contributed by atoms with Crippen LogP contribution in [-0.2, 0) is 0 Å². The van der Waals surface area contributed by atoms with E-state index < -0.39 is 0 Å². The van der Waals surface area contributed by atoms with Gasteiger partial charge in [0.25, 0.3) is 0 Å². The zero-order chi connectivity index (χ0) is 16.8. The van der Waals surface area contributed by atoms with E-state index in [-0.39, 0.29) is 0 Å². The molecule has 0 aliphatic carbocycles. The van der Waals surface area contributed by atoms with Crippen molar-refractivity contribution in [2.45, 2.75) is 0 Å². The van der Waals surface area contributed by atoms with Crippen LogP contribution in [0.2, 0.25) is 0 Å². The number of methoxy groups -OCH3 is 2. The predicted molar refractivity (Wildman–Crippen MR) is 96.1 cm³/mol. The molecule has 2 heterocycles. The molecule has 2 aromatic heterocycles. The van der Waals surface area contributed by atoms with Gasteiger partial charge in [0.1, 0.15) is 11.5 Å². The number of nitrogens with one attached hydrogen (secondary N) is 1. The van der Waals surface area contributed by atoms with Crippen molar-refractivity contribution in [1.82, 2.24) is 9.97 Å². The third-order valence-corrected chi connectivity index (χ3v) is 4.02. The van der Waals surface area contributed by atoms with Crippen LogP contribution in [0.3, 0.4) is 0 Å². The molecule has 0 saturated heterocycles. The summed E-state index contributed by atoms with van der Waals surface area (Å²) in [5.74, 6) is 1.46. The van der Waals surface area contributed by atoms with Crippen molar-refractivity contribution >= 4 is 22.7 Å². The van der Waals surface area contributed by atoms with Gasteiger partial charge in [-0.05, 0) is 29.8 Å². The van der Waals surface area contributed by atoms with Gasteiger partial charge in [0.2, 0.25) is 5.13 Å². The topological polar surface area (TPSA) is 68.6 Å². The van der Waals surface area contributed by atoms with Crippen LogP contribution in [0.15, 0.2) is 53.2 Å². The standard InChI is InChI=1S/C17H16N4O2S/c1-22-13-3-4-14(16(9-13)23-2)15-11-24-17(20-15)21-19-10-12-5-7-18-8-6-12/h3-11H,1-2H3,(H,20,21)/b19-10-. The Morgan fingerprint density at radius 1 is 1.12 bits per heavy atom. The van der Waals surface area contributed by atoms with E-state index in [2.05, 4.69) is 20.5 Å². The normalized spacial score (nSPS) is 10.8. The van der Waals surface area contributed by atoms with Crippen molar-refractivity contribution in [1.29, 1.82) is 0 Å². The monoisotopic (exact) mass is 340 g/mol. The molecule has 7 heteroatoms. The Hall–Kier alpha value is -2.93. The number of benzene rings is 1. The SMILES string of the molecule is COc1ccc(-c2csc(N/N=C\c3ccncc3)n2)c(OC)c1. The Kier molecular flexibility index (Phi) is 5.02. The third kappa shape index (κ3) is 3.69. The summed E-state index contributed by atoms with van der Waals surface area (Å²) in [5.41, 5.74) is 5.62. The van der Waals surface area contributed by atoms with E-state index in [1.165, 1.54) is 11.3 Å². The van der Waals surface area contributed by atoms with Crippen LogP contribution in [-0.4, -0.2) is 30.4 Å². The number of nitrogens with zero attached hydrogens (tertiary/aromatic N) is 3. The van der Waals surface area contributed by atoms with Gasteiger partial charge in [-0.2, -0.15) is 5.10 Å². The second kappa shape index (κ2) is 7.56. The average Bonchev–Trinajstić information content (AvgIpc) is 3.10. The van der Waals surface area contributed by atoms with Gasteiger partial charge >= 0.3 is 0 Å². The molecule has 122 valence electrons. The molecule has 0 saturated carbocycles. The molecule has 0 aliphatic rings. The Bertz CT molecular complexity index is 834. The minimum atomic E-state index is 0.702. The summed E-state index contributed by atoms with van der Waals surface area (Å²) in [6.45, 7) is 0. The third-order valence-electron chi connectivity index (χ3n) is 3.27. The molecule has 1 aromatic carbocycles. The van der Waals surface area contributed by atoms with E-state index >= 15 is 0 Å². The Balaban J connectivity index is 1.75. The lowest BCUT2D eigenvalue weighted by atomic mass is 10.1. The molecule has 0 amide bonds. The summed E-state index contributed by atoms with van der Waals surface area (Å²) in [4.78, 5) is 8.50. The second-order valence-corrected chi connectivity index (χ2v) is 5.61. The summed E-state index contributed by atoms with van der Waals surface area (Å²) < 4.78 is 10.6. The fourth-order valence-corrected chi connectivity index (χ4v) is 2.73. The maximum absolute atomic E-state index is 5.42. The van der Waals surface area contributed by atoms with E-state index in [4.69, 9.17) is 9.47 Å². The smallest absolute Gasteiger partial charge is 0.203 e. The molecule has 0 spiro atoms. The fourth-order valence-electron chi connectivity index (χ4n) is 2.07. The number of pyridine rings is 1. The highest BCUT2D eigenvalue weighted by molar-refractivity contribution is 7.14. The first-order valence-electron chi connectivity index (χ1n) is 7.17. The van der Waals surface area contributed by atoms with Gasteiger partial charge in [-0.1, -0.05) is 0 Å². The minimum Gasteiger partial charge on any atom is -0.497 e. The van der Waals surface area contributed by atoms with Crippen LogP contribution in [0.1, 0.15) is 5.56 Å².